The number of rotatable bonds is 8. The Kier molecular flexibility index (Phi) is 10.6. The molecule has 0 heterocycles. The molecule has 0 aromatic carbocycles. The number of hydrogen-bond donors (Lipinski definition) is 2. The Bertz CT molecular complexity index is 58.6. The van der Waals surface area contributed by atoms with Gasteiger partial charge in [-0.05, 0) is 6.42 Å². The predicted molar refractivity (Wildman–Crippen MR) is 55.0 cm³/mol. The Morgan fingerprint density at radius 3 is 2.00 bits per heavy atom. The van der Waals surface area contributed by atoms with Crippen LogP contribution >= 0.6 is 12.8 Å². The van der Waals surface area contributed by atoms with E-state index in [1.54, 1.807) is 0 Å². The monoisotopic (exact) mass is 175 g/mol. The lowest BCUT2D eigenvalue weighted by molar-refractivity contribution is 0.589. The SMILES string of the molecule is CCCCCCCCCNS. The highest BCUT2D eigenvalue weighted by atomic mass is 32.1. The number of hydrogen-bond acceptors (Lipinski definition) is 2. The van der Waals surface area contributed by atoms with Gasteiger partial charge in [-0.3, -0.25) is 4.72 Å². The minimum Gasteiger partial charge on any atom is -0.267 e. The van der Waals surface area contributed by atoms with Crippen molar-refractivity contribution < 1.29 is 0 Å². The van der Waals surface area contributed by atoms with Gasteiger partial charge < -0.3 is 0 Å². The van der Waals surface area contributed by atoms with Crippen molar-refractivity contribution in [2.24, 2.45) is 0 Å². The van der Waals surface area contributed by atoms with Gasteiger partial charge in [-0.15, -0.1) is 0 Å². The van der Waals surface area contributed by atoms with Crippen molar-refractivity contribution in [2.45, 2.75) is 51.9 Å². The van der Waals surface area contributed by atoms with Gasteiger partial charge in [0.15, 0.2) is 0 Å². The zero-order chi connectivity index (χ0) is 8.36. The molecule has 0 aliphatic heterocycles. The summed E-state index contributed by atoms with van der Waals surface area (Å²) < 4.78 is 2.86. The van der Waals surface area contributed by atoms with Crippen molar-refractivity contribution in [2.75, 3.05) is 6.54 Å². The van der Waals surface area contributed by atoms with Gasteiger partial charge in [-0.1, -0.05) is 58.3 Å². The second-order valence-electron chi connectivity index (χ2n) is 3.03. The average Bonchev–Trinajstić information content (AvgIpc) is 2.03. The van der Waals surface area contributed by atoms with E-state index in [4.69, 9.17) is 0 Å². The van der Waals surface area contributed by atoms with E-state index in [1.807, 2.05) is 0 Å². The van der Waals surface area contributed by atoms with Crippen LogP contribution in [0.4, 0.5) is 0 Å². The van der Waals surface area contributed by atoms with Gasteiger partial charge in [0.1, 0.15) is 0 Å². The van der Waals surface area contributed by atoms with Gasteiger partial charge in [0.05, 0.1) is 0 Å². The topological polar surface area (TPSA) is 12.0 Å². The Hall–Kier alpha value is 0.310. The zero-order valence-electron chi connectivity index (χ0n) is 7.60. The van der Waals surface area contributed by atoms with Crippen molar-refractivity contribution in [3.63, 3.8) is 0 Å². The molecule has 0 radical (unpaired) electrons. The number of unbranched alkanes of at least 4 members (excludes halogenated alkanes) is 6. The summed E-state index contributed by atoms with van der Waals surface area (Å²) in [6.45, 7) is 3.31. The molecule has 0 saturated carbocycles. The summed E-state index contributed by atoms with van der Waals surface area (Å²) in [6.07, 6.45) is 9.62. The van der Waals surface area contributed by atoms with Gasteiger partial charge >= 0.3 is 0 Å². The van der Waals surface area contributed by atoms with E-state index >= 15 is 0 Å². The van der Waals surface area contributed by atoms with Crippen molar-refractivity contribution in [3.05, 3.63) is 0 Å². The quantitative estimate of drug-likeness (QED) is 0.426. The van der Waals surface area contributed by atoms with Crippen LogP contribution in [0.25, 0.3) is 0 Å². The molecule has 0 saturated heterocycles. The molecule has 0 spiro atoms. The largest absolute Gasteiger partial charge is 0.267 e. The maximum absolute atomic E-state index is 3.93. The van der Waals surface area contributed by atoms with E-state index in [0.29, 0.717) is 0 Å². The van der Waals surface area contributed by atoms with Crippen LogP contribution in [-0.2, 0) is 0 Å². The van der Waals surface area contributed by atoms with E-state index in [-0.39, 0.29) is 0 Å². The highest BCUT2D eigenvalue weighted by Crippen LogP contribution is 2.06. The van der Waals surface area contributed by atoms with Crippen molar-refractivity contribution in [3.8, 4) is 0 Å². The highest BCUT2D eigenvalue weighted by Gasteiger charge is 1.88. The molecule has 0 rings (SSSR count). The Balaban J connectivity index is 2.69. The average molecular weight is 175 g/mol. The standard InChI is InChI=1S/C9H21NS/c1-2-3-4-5-6-7-8-9-10-11/h10-11H,2-9H2,1H3. The molecule has 1 nitrogen and oxygen atoms in total. The Morgan fingerprint density at radius 2 is 1.45 bits per heavy atom. The van der Waals surface area contributed by atoms with Crippen LogP contribution in [0.3, 0.4) is 0 Å². The van der Waals surface area contributed by atoms with Gasteiger partial charge in [0.25, 0.3) is 0 Å². The summed E-state index contributed by atoms with van der Waals surface area (Å²) in [5.41, 5.74) is 0. The van der Waals surface area contributed by atoms with Gasteiger partial charge in [-0.25, -0.2) is 0 Å². The van der Waals surface area contributed by atoms with Crippen LogP contribution in [-0.4, -0.2) is 6.54 Å². The lowest BCUT2D eigenvalue weighted by Crippen LogP contribution is -1.99. The maximum Gasteiger partial charge on any atom is 0.00561 e. The molecule has 2 heteroatoms. The van der Waals surface area contributed by atoms with Crippen LogP contribution in [0.2, 0.25) is 0 Å². The van der Waals surface area contributed by atoms with E-state index in [0.717, 1.165) is 6.54 Å². The summed E-state index contributed by atoms with van der Waals surface area (Å²) >= 11 is 3.93. The second kappa shape index (κ2) is 10.3. The zero-order valence-corrected chi connectivity index (χ0v) is 8.50. The molecule has 0 aliphatic carbocycles. The fourth-order valence-corrected chi connectivity index (χ4v) is 1.32. The molecular weight excluding hydrogens is 154 g/mol. The smallest absolute Gasteiger partial charge is 0.00561 e. The Morgan fingerprint density at radius 1 is 0.909 bits per heavy atom. The first-order valence-corrected chi connectivity index (χ1v) is 5.23. The third kappa shape index (κ3) is 10.3. The fourth-order valence-electron chi connectivity index (χ4n) is 1.16. The van der Waals surface area contributed by atoms with Crippen LogP contribution in [0.5, 0.6) is 0 Å². The Labute approximate surface area is 76.5 Å². The third-order valence-electron chi connectivity index (χ3n) is 1.89. The first-order valence-electron chi connectivity index (χ1n) is 4.78. The third-order valence-corrected chi connectivity index (χ3v) is 2.12. The van der Waals surface area contributed by atoms with Gasteiger partial charge in [-0.2, -0.15) is 0 Å². The normalized spacial score (nSPS) is 10.4. The second-order valence-corrected chi connectivity index (χ2v) is 3.35. The van der Waals surface area contributed by atoms with Crippen LogP contribution in [0.15, 0.2) is 0 Å². The van der Waals surface area contributed by atoms with Crippen LogP contribution in [0, 0.1) is 0 Å². The predicted octanol–water partition coefficient (Wildman–Crippen LogP) is 3.17. The molecule has 0 bridgehead atoms. The molecular formula is C9H21NS. The van der Waals surface area contributed by atoms with E-state index in [1.165, 1.54) is 44.9 Å². The van der Waals surface area contributed by atoms with Gasteiger partial charge in [0.2, 0.25) is 0 Å². The van der Waals surface area contributed by atoms with E-state index in [9.17, 15) is 0 Å². The summed E-state index contributed by atoms with van der Waals surface area (Å²) in [7, 11) is 0. The van der Waals surface area contributed by atoms with E-state index in [2.05, 4.69) is 24.5 Å². The molecule has 68 valence electrons. The van der Waals surface area contributed by atoms with Crippen molar-refractivity contribution >= 4 is 12.8 Å². The fraction of sp³-hybridized carbons (Fsp3) is 1.00. The molecule has 0 aromatic rings. The maximum atomic E-state index is 3.93. The summed E-state index contributed by atoms with van der Waals surface area (Å²) in [4.78, 5) is 0. The molecule has 0 aromatic heterocycles. The molecule has 0 fully saturated rings. The minimum absolute atomic E-state index is 1.05. The molecule has 0 atom stereocenters. The van der Waals surface area contributed by atoms with Crippen LogP contribution < -0.4 is 4.72 Å². The first kappa shape index (κ1) is 11.3. The minimum atomic E-state index is 1.05. The van der Waals surface area contributed by atoms with Crippen molar-refractivity contribution in [1.82, 2.24) is 4.72 Å². The van der Waals surface area contributed by atoms with E-state index < -0.39 is 0 Å². The lowest BCUT2D eigenvalue weighted by Gasteiger charge is -1.99. The first-order chi connectivity index (χ1) is 5.41. The van der Waals surface area contributed by atoms with Crippen molar-refractivity contribution in [1.29, 1.82) is 0 Å². The lowest BCUT2D eigenvalue weighted by atomic mass is 10.1. The number of nitrogens with one attached hydrogen (secondary N) is 1. The summed E-state index contributed by atoms with van der Waals surface area (Å²) in [5.74, 6) is 0. The van der Waals surface area contributed by atoms with Crippen LogP contribution in [0.1, 0.15) is 51.9 Å². The molecule has 0 unspecified atom stereocenters. The molecule has 1 N–H and O–H groups in total. The summed E-state index contributed by atoms with van der Waals surface area (Å²) in [5, 5.41) is 0. The molecule has 0 aliphatic rings. The number of thiol groups is 1. The molecule has 0 amide bonds. The highest BCUT2D eigenvalue weighted by molar-refractivity contribution is 7.78. The molecule has 11 heavy (non-hydrogen) atoms. The summed E-state index contributed by atoms with van der Waals surface area (Å²) in [6, 6.07) is 0. The van der Waals surface area contributed by atoms with Gasteiger partial charge in [0, 0.05) is 6.54 Å².